The van der Waals surface area contributed by atoms with Gasteiger partial charge >= 0.3 is 6.09 Å². The number of nitrogens with zero attached hydrogens (tertiary/aromatic N) is 4. The van der Waals surface area contributed by atoms with Gasteiger partial charge in [-0.15, -0.1) is 0 Å². The number of aryl methyl sites for hydroxylation is 2. The Balaban J connectivity index is 1.26. The van der Waals surface area contributed by atoms with Gasteiger partial charge in [-0.3, -0.25) is 4.79 Å². The fraction of sp³-hybridized carbons (Fsp3) is 0.621. The second-order valence-corrected chi connectivity index (χ2v) is 14.3. The Labute approximate surface area is 241 Å². The molecule has 0 radical (unpaired) electrons. The third-order valence-corrected chi connectivity index (χ3v) is 10.2. The lowest BCUT2D eigenvalue weighted by Gasteiger charge is -2.35. The maximum atomic E-state index is 13.8. The molecule has 0 bridgehead atoms. The number of aromatic nitrogens is 1. The standard InChI is InChI=1S/C29H40N4O7S/c1-18-11-23(38-6)12-19(2)26(18)41(36,37)33(22-7-8-22)16-25-30-24(17-39-25)27(34)32-13-20-9-10-31(14-21(20)15-32)28(35)40-29(3,4)5/h11-12,17,20-22H,7-10,13-16H2,1-6H3. The largest absolute Gasteiger partial charge is 0.497 e. The summed E-state index contributed by atoms with van der Waals surface area (Å²) in [6.07, 6.45) is 3.31. The highest BCUT2D eigenvalue weighted by atomic mass is 32.2. The van der Waals surface area contributed by atoms with Crippen LogP contribution in [0.4, 0.5) is 4.79 Å². The SMILES string of the molecule is COc1cc(C)c(S(=O)(=O)N(Cc2nc(C(=O)N3CC4CCN(C(=O)OC(C)(C)C)CC4C3)co2)C2CC2)c(C)c1. The first-order chi connectivity index (χ1) is 19.3. The number of benzene rings is 1. The molecule has 3 aliphatic rings. The highest BCUT2D eigenvalue weighted by molar-refractivity contribution is 7.89. The van der Waals surface area contributed by atoms with Crippen molar-refractivity contribution in [1.82, 2.24) is 19.1 Å². The molecule has 41 heavy (non-hydrogen) atoms. The lowest BCUT2D eigenvalue weighted by atomic mass is 9.89. The molecule has 1 aromatic carbocycles. The summed E-state index contributed by atoms with van der Waals surface area (Å²) in [5, 5.41) is 0. The molecule has 2 aliphatic heterocycles. The summed E-state index contributed by atoms with van der Waals surface area (Å²) in [5.41, 5.74) is 0.817. The maximum Gasteiger partial charge on any atom is 0.410 e. The molecule has 2 amide bonds. The minimum Gasteiger partial charge on any atom is -0.497 e. The molecule has 2 aromatic rings. The van der Waals surface area contributed by atoms with E-state index in [1.807, 2.05) is 20.8 Å². The maximum absolute atomic E-state index is 13.8. The smallest absolute Gasteiger partial charge is 0.410 e. The second kappa shape index (κ2) is 10.9. The van der Waals surface area contributed by atoms with Crippen LogP contribution in [0.1, 0.15) is 67.5 Å². The van der Waals surface area contributed by atoms with Gasteiger partial charge in [-0.1, -0.05) is 0 Å². The Morgan fingerprint density at radius 1 is 1.05 bits per heavy atom. The van der Waals surface area contributed by atoms with Crippen molar-refractivity contribution in [2.45, 2.75) is 77.0 Å². The monoisotopic (exact) mass is 588 g/mol. The van der Waals surface area contributed by atoms with Crippen LogP contribution < -0.4 is 4.74 Å². The molecule has 5 rings (SSSR count). The van der Waals surface area contributed by atoms with Crippen molar-refractivity contribution in [2.24, 2.45) is 11.8 Å². The fourth-order valence-corrected chi connectivity index (χ4v) is 7.98. The van der Waals surface area contributed by atoms with Crippen LogP contribution in [0.15, 0.2) is 27.7 Å². The number of hydrogen-bond donors (Lipinski definition) is 0. The van der Waals surface area contributed by atoms with Gasteiger partial charge in [0, 0.05) is 32.2 Å². The minimum absolute atomic E-state index is 0.0543. The summed E-state index contributed by atoms with van der Waals surface area (Å²) in [7, 11) is -2.30. The van der Waals surface area contributed by atoms with E-state index in [-0.39, 0.29) is 47.0 Å². The zero-order chi connectivity index (χ0) is 29.7. The summed E-state index contributed by atoms with van der Waals surface area (Å²) in [5.74, 6) is 1.00. The van der Waals surface area contributed by atoms with Gasteiger partial charge < -0.3 is 23.7 Å². The zero-order valence-corrected chi connectivity index (χ0v) is 25.5. The van der Waals surface area contributed by atoms with E-state index in [0.29, 0.717) is 49.0 Å². The number of carbonyl (C=O) groups excluding carboxylic acids is 2. The number of amides is 2. The first kappa shape index (κ1) is 29.4. The Morgan fingerprint density at radius 2 is 1.68 bits per heavy atom. The topological polar surface area (TPSA) is 122 Å². The van der Waals surface area contributed by atoms with Crippen LogP contribution in [0.3, 0.4) is 0 Å². The molecule has 0 N–H and O–H groups in total. The van der Waals surface area contributed by atoms with Gasteiger partial charge in [0.15, 0.2) is 5.69 Å². The highest BCUT2D eigenvalue weighted by Crippen LogP contribution is 2.37. The predicted octanol–water partition coefficient (Wildman–Crippen LogP) is 3.98. The van der Waals surface area contributed by atoms with E-state index in [4.69, 9.17) is 13.9 Å². The van der Waals surface area contributed by atoms with E-state index < -0.39 is 15.6 Å². The Kier molecular flexibility index (Phi) is 7.84. The number of hydrogen-bond acceptors (Lipinski definition) is 8. The first-order valence-corrected chi connectivity index (χ1v) is 15.6. The highest BCUT2D eigenvalue weighted by Gasteiger charge is 2.43. The van der Waals surface area contributed by atoms with E-state index in [1.165, 1.54) is 10.6 Å². The Hall–Kier alpha value is -3.12. The van der Waals surface area contributed by atoms with Crippen molar-refractivity contribution >= 4 is 22.0 Å². The molecule has 1 aliphatic carbocycles. The van der Waals surface area contributed by atoms with E-state index in [0.717, 1.165) is 19.3 Å². The molecule has 224 valence electrons. The molecule has 11 nitrogen and oxygen atoms in total. The average molecular weight is 589 g/mol. The van der Waals surface area contributed by atoms with Crippen LogP contribution in [0.25, 0.3) is 0 Å². The van der Waals surface area contributed by atoms with Crippen LogP contribution in [0, 0.1) is 25.7 Å². The molecule has 3 heterocycles. The van der Waals surface area contributed by atoms with Crippen molar-refractivity contribution in [1.29, 1.82) is 0 Å². The van der Waals surface area contributed by atoms with Crippen molar-refractivity contribution in [3.8, 4) is 5.75 Å². The zero-order valence-electron chi connectivity index (χ0n) is 24.7. The molecule has 12 heteroatoms. The summed E-state index contributed by atoms with van der Waals surface area (Å²) < 4.78 is 45.5. The molecular weight excluding hydrogens is 548 g/mol. The molecular formula is C29H40N4O7S. The van der Waals surface area contributed by atoms with Crippen LogP contribution in [-0.4, -0.2) is 84.4 Å². The van der Waals surface area contributed by atoms with E-state index in [1.54, 1.807) is 42.9 Å². The van der Waals surface area contributed by atoms with Gasteiger partial charge in [0.1, 0.15) is 17.6 Å². The molecule has 2 atom stereocenters. The van der Waals surface area contributed by atoms with Gasteiger partial charge in [0.25, 0.3) is 5.91 Å². The normalized spacial score (nSPS) is 21.2. The third-order valence-electron chi connectivity index (χ3n) is 7.99. The van der Waals surface area contributed by atoms with Gasteiger partial charge in [0.2, 0.25) is 15.9 Å². The number of methoxy groups -OCH3 is 1. The second-order valence-electron chi connectivity index (χ2n) is 12.4. The number of oxazole rings is 1. The third kappa shape index (κ3) is 6.23. The molecule has 1 aromatic heterocycles. The predicted molar refractivity (Wildman–Crippen MR) is 150 cm³/mol. The molecule has 2 unspecified atom stereocenters. The fourth-order valence-electron chi connectivity index (χ4n) is 5.93. The van der Waals surface area contributed by atoms with Crippen LogP contribution in [0.2, 0.25) is 0 Å². The Bertz CT molecular complexity index is 1400. The lowest BCUT2D eigenvalue weighted by Crippen LogP contribution is -2.45. The quantitative estimate of drug-likeness (QED) is 0.476. The van der Waals surface area contributed by atoms with Gasteiger partial charge in [-0.05, 0) is 89.0 Å². The minimum atomic E-state index is -3.85. The Morgan fingerprint density at radius 3 is 2.29 bits per heavy atom. The van der Waals surface area contributed by atoms with Gasteiger partial charge in [-0.25, -0.2) is 18.2 Å². The van der Waals surface area contributed by atoms with Crippen LogP contribution in [0.5, 0.6) is 5.75 Å². The van der Waals surface area contributed by atoms with E-state index >= 15 is 0 Å². The number of rotatable bonds is 7. The summed E-state index contributed by atoms with van der Waals surface area (Å²) in [4.78, 5) is 34.1. The molecule has 3 fully saturated rings. The van der Waals surface area contributed by atoms with E-state index in [9.17, 15) is 18.0 Å². The van der Waals surface area contributed by atoms with Crippen LogP contribution in [-0.2, 0) is 21.3 Å². The van der Waals surface area contributed by atoms with Gasteiger partial charge in [0.05, 0.1) is 18.6 Å². The number of fused-ring (bicyclic) bond motifs is 1. The van der Waals surface area contributed by atoms with Crippen molar-refractivity contribution in [3.63, 3.8) is 0 Å². The number of carbonyl (C=O) groups is 2. The summed E-state index contributed by atoms with van der Waals surface area (Å²) in [6.45, 7) is 11.3. The summed E-state index contributed by atoms with van der Waals surface area (Å²) >= 11 is 0. The van der Waals surface area contributed by atoms with Crippen LogP contribution >= 0.6 is 0 Å². The number of piperidine rings is 1. The molecule has 2 saturated heterocycles. The average Bonchev–Trinajstić information content (AvgIpc) is 3.45. The molecule has 1 saturated carbocycles. The van der Waals surface area contributed by atoms with Crippen molar-refractivity contribution in [3.05, 3.63) is 41.1 Å². The summed E-state index contributed by atoms with van der Waals surface area (Å²) in [6, 6.07) is 3.29. The first-order valence-electron chi connectivity index (χ1n) is 14.2. The lowest BCUT2D eigenvalue weighted by molar-refractivity contribution is 0.0139. The number of ether oxygens (including phenoxy) is 2. The van der Waals surface area contributed by atoms with Crippen molar-refractivity contribution in [2.75, 3.05) is 33.3 Å². The number of likely N-dealkylation sites (tertiary alicyclic amines) is 2. The molecule has 0 spiro atoms. The number of sulfonamides is 1. The van der Waals surface area contributed by atoms with Gasteiger partial charge in [-0.2, -0.15) is 4.31 Å². The van der Waals surface area contributed by atoms with Crippen molar-refractivity contribution < 1.29 is 31.9 Å². The van der Waals surface area contributed by atoms with E-state index in [2.05, 4.69) is 4.98 Å².